The van der Waals surface area contributed by atoms with Crippen LogP contribution in [-0.2, 0) is 19.4 Å². The van der Waals surface area contributed by atoms with Crippen molar-refractivity contribution in [1.29, 1.82) is 0 Å². The number of nitrogens with one attached hydrogen (secondary N) is 1. The molecule has 2 N–H and O–H groups in total. The summed E-state index contributed by atoms with van der Waals surface area (Å²) in [4.78, 5) is 30.3. The molecule has 0 saturated carbocycles. The van der Waals surface area contributed by atoms with E-state index in [1.54, 1.807) is 24.3 Å². The lowest BCUT2D eigenvalue weighted by Crippen LogP contribution is -2.34. The summed E-state index contributed by atoms with van der Waals surface area (Å²) in [5.74, 6) is 0.144. The van der Waals surface area contributed by atoms with E-state index in [9.17, 15) is 14.7 Å². The third-order valence-electron chi connectivity index (χ3n) is 5.09. The molecule has 0 saturated heterocycles. The number of hydrogen-bond acceptors (Lipinski definition) is 6. The second-order valence-electron chi connectivity index (χ2n) is 6.84. The number of carbonyl (C=O) groups is 1. The van der Waals surface area contributed by atoms with Gasteiger partial charge >= 0.3 is 0 Å². The number of nitrogens with zero attached hydrogens (tertiary/aromatic N) is 2. The largest absolute Gasteiger partial charge is 0.507 e. The SMILES string of the molecule is COc1cccnc1NC(=O)c1c(O)c2c(n(Cc3ccco3)c1=O)CCCC2. The van der Waals surface area contributed by atoms with Crippen molar-refractivity contribution >= 4 is 11.7 Å². The molecule has 3 aromatic rings. The summed E-state index contributed by atoms with van der Waals surface area (Å²) in [5.41, 5.74) is 0.527. The Kier molecular flexibility index (Phi) is 5.07. The smallest absolute Gasteiger partial charge is 0.267 e. The molecule has 1 aliphatic rings. The van der Waals surface area contributed by atoms with E-state index in [-0.39, 0.29) is 23.7 Å². The summed E-state index contributed by atoms with van der Waals surface area (Å²) in [6, 6.07) is 6.83. The van der Waals surface area contributed by atoms with Gasteiger partial charge in [-0.2, -0.15) is 0 Å². The molecular formula is C21H21N3O5. The Balaban J connectivity index is 1.80. The van der Waals surface area contributed by atoms with Crippen molar-refractivity contribution in [3.63, 3.8) is 0 Å². The average Bonchev–Trinajstić information content (AvgIpc) is 3.25. The van der Waals surface area contributed by atoms with Crippen LogP contribution in [0.4, 0.5) is 5.82 Å². The molecule has 4 rings (SSSR count). The van der Waals surface area contributed by atoms with Crippen LogP contribution in [0.5, 0.6) is 11.5 Å². The molecule has 0 aliphatic heterocycles. The Labute approximate surface area is 166 Å². The Morgan fingerprint density at radius 1 is 1.31 bits per heavy atom. The van der Waals surface area contributed by atoms with Gasteiger partial charge in [0, 0.05) is 17.5 Å². The molecule has 1 amide bonds. The average molecular weight is 395 g/mol. The monoisotopic (exact) mass is 395 g/mol. The summed E-state index contributed by atoms with van der Waals surface area (Å²) < 4.78 is 12.1. The molecule has 8 heteroatoms. The number of aromatic hydroxyl groups is 1. The maximum Gasteiger partial charge on any atom is 0.267 e. The van der Waals surface area contributed by atoms with E-state index < -0.39 is 11.5 Å². The molecule has 3 heterocycles. The fraction of sp³-hybridized carbons (Fsp3) is 0.286. The minimum absolute atomic E-state index is 0.175. The van der Waals surface area contributed by atoms with E-state index in [4.69, 9.17) is 9.15 Å². The first-order chi connectivity index (χ1) is 14.1. The number of fused-ring (bicyclic) bond motifs is 1. The second kappa shape index (κ2) is 7.83. The summed E-state index contributed by atoms with van der Waals surface area (Å²) in [6.07, 6.45) is 6.10. The van der Waals surface area contributed by atoms with Gasteiger partial charge in [-0.15, -0.1) is 0 Å². The third kappa shape index (κ3) is 3.49. The quantitative estimate of drug-likeness (QED) is 0.688. The first-order valence-corrected chi connectivity index (χ1v) is 9.40. The van der Waals surface area contributed by atoms with Crippen molar-refractivity contribution in [3.05, 3.63) is 69.7 Å². The Hall–Kier alpha value is -3.55. The summed E-state index contributed by atoms with van der Waals surface area (Å²) in [7, 11) is 1.46. The van der Waals surface area contributed by atoms with Gasteiger partial charge in [-0.25, -0.2) is 4.98 Å². The van der Waals surface area contributed by atoms with Crippen LogP contribution in [0.15, 0.2) is 45.9 Å². The standard InChI is InChI=1S/C21H21N3O5/c1-28-16-9-4-10-22-19(16)23-20(26)17-18(25)14-7-2-3-8-15(14)24(21(17)27)12-13-6-5-11-29-13/h4-6,9-11,25H,2-3,7-8,12H2,1H3,(H,22,23,26). The van der Waals surface area contributed by atoms with Gasteiger partial charge in [0.25, 0.3) is 11.5 Å². The van der Waals surface area contributed by atoms with Crippen LogP contribution in [0.25, 0.3) is 0 Å². The maximum absolute atomic E-state index is 13.2. The zero-order chi connectivity index (χ0) is 20.4. The van der Waals surface area contributed by atoms with Crippen LogP contribution in [0.1, 0.15) is 40.2 Å². The van der Waals surface area contributed by atoms with Crippen LogP contribution in [0.2, 0.25) is 0 Å². The van der Waals surface area contributed by atoms with E-state index in [0.717, 1.165) is 18.5 Å². The zero-order valence-electron chi connectivity index (χ0n) is 16.0. The molecule has 0 atom stereocenters. The van der Waals surface area contributed by atoms with Gasteiger partial charge < -0.3 is 24.1 Å². The van der Waals surface area contributed by atoms with Gasteiger partial charge in [-0.3, -0.25) is 9.59 Å². The predicted octanol–water partition coefficient (Wildman–Crippen LogP) is 2.73. The second-order valence-corrected chi connectivity index (χ2v) is 6.84. The molecule has 0 fully saturated rings. The highest BCUT2D eigenvalue weighted by Gasteiger charge is 2.28. The van der Waals surface area contributed by atoms with Crippen LogP contribution >= 0.6 is 0 Å². The van der Waals surface area contributed by atoms with Crippen LogP contribution in [0.3, 0.4) is 0 Å². The van der Waals surface area contributed by atoms with E-state index in [2.05, 4.69) is 10.3 Å². The highest BCUT2D eigenvalue weighted by atomic mass is 16.5. The van der Waals surface area contributed by atoms with Gasteiger partial charge in [-0.1, -0.05) is 0 Å². The molecular weight excluding hydrogens is 374 g/mol. The lowest BCUT2D eigenvalue weighted by atomic mass is 9.93. The Morgan fingerprint density at radius 3 is 2.90 bits per heavy atom. The predicted molar refractivity (Wildman–Crippen MR) is 106 cm³/mol. The van der Waals surface area contributed by atoms with E-state index in [1.165, 1.54) is 24.1 Å². The number of furan rings is 1. The van der Waals surface area contributed by atoms with Crippen LogP contribution in [-0.4, -0.2) is 27.7 Å². The summed E-state index contributed by atoms with van der Waals surface area (Å²) in [5, 5.41) is 13.4. The lowest BCUT2D eigenvalue weighted by molar-refractivity contribution is 0.102. The summed E-state index contributed by atoms with van der Waals surface area (Å²) >= 11 is 0. The Morgan fingerprint density at radius 2 is 2.14 bits per heavy atom. The summed E-state index contributed by atoms with van der Waals surface area (Å²) in [6.45, 7) is 0.196. The molecule has 3 aromatic heterocycles. The van der Waals surface area contributed by atoms with E-state index >= 15 is 0 Å². The Bertz CT molecular complexity index is 1100. The van der Waals surface area contributed by atoms with Crippen LogP contribution < -0.4 is 15.6 Å². The minimum Gasteiger partial charge on any atom is -0.507 e. The molecule has 0 aromatic carbocycles. The fourth-order valence-electron chi connectivity index (χ4n) is 3.70. The van der Waals surface area contributed by atoms with Crippen molar-refractivity contribution < 1.29 is 19.1 Å². The highest BCUT2D eigenvalue weighted by Crippen LogP contribution is 2.31. The number of pyridine rings is 2. The van der Waals surface area contributed by atoms with Crippen LogP contribution in [0, 0.1) is 0 Å². The van der Waals surface area contributed by atoms with Crippen molar-refractivity contribution in [1.82, 2.24) is 9.55 Å². The van der Waals surface area contributed by atoms with Gasteiger partial charge in [0.1, 0.15) is 17.1 Å². The number of anilines is 1. The molecule has 1 aliphatic carbocycles. The number of ether oxygens (including phenoxy) is 1. The zero-order valence-corrected chi connectivity index (χ0v) is 16.0. The first kappa shape index (κ1) is 18.8. The number of aromatic nitrogens is 2. The minimum atomic E-state index is -0.730. The number of carbonyl (C=O) groups excluding carboxylic acids is 1. The first-order valence-electron chi connectivity index (χ1n) is 9.40. The molecule has 0 radical (unpaired) electrons. The van der Waals surface area contributed by atoms with E-state index in [0.29, 0.717) is 29.9 Å². The fourth-order valence-corrected chi connectivity index (χ4v) is 3.70. The van der Waals surface area contributed by atoms with Gasteiger partial charge in [0.2, 0.25) is 0 Å². The molecule has 150 valence electrons. The number of hydrogen-bond donors (Lipinski definition) is 2. The van der Waals surface area contributed by atoms with E-state index in [1.807, 2.05) is 0 Å². The van der Waals surface area contributed by atoms with Crippen molar-refractivity contribution in [2.24, 2.45) is 0 Å². The number of methoxy groups -OCH3 is 1. The van der Waals surface area contributed by atoms with Crippen molar-refractivity contribution in [2.45, 2.75) is 32.2 Å². The highest BCUT2D eigenvalue weighted by molar-refractivity contribution is 6.06. The third-order valence-corrected chi connectivity index (χ3v) is 5.09. The molecule has 0 unspecified atom stereocenters. The normalized spacial score (nSPS) is 13.0. The van der Waals surface area contributed by atoms with Crippen molar-refractivity contribution in [2.75, 3.05) is 12.4 Å². The van der Waals surface area contributed by atoms with Gasteiger partial charge in [-0.05, 0) is 49.9 Å². The molecule has 0 bridgehead atoms. The number of rotatable bonds is 5. The van der Waals surface area contributed by atoms with Gasteiger partial charge in [0.15, 0.2) is 11.6 Å². The van der Waals surface area contributed by atoms with Crippen molar-refractivity contribution in [3.8, 4) is 11.5 Å². The molecule has 8 nitrogen and oxygen atoms in total. The van der Waals surface area contributed by atoms with Gasteiger partial charge in [0.05, 0.1) is 19.9 Å². The number of amides is 1. The molecule has 29 heavy (non-hydrogen) atoms. The lowest BCUT2D eigenvalue weighted by Gasteiger charge is -2.23. The maximum atomic E-state index is 13.2. The topological polar surface area (TPSA) is 107 Å². The molecule has 0 spiro atoms.